The van der Waals surface area contributed by atoms with Crippen LogP contribution < -0.4 is 5.73 Å². The number of hydrogen-bond donors (Lipinski definition) is 1. The van der Waals surface area contributed by atoms with Crippen LogP contribution >= 0.6 is 11.3 Å². The highest BCUT2D eigenvalue weighted by atomic mass is 32.1. The minimum Gasteiger partial charge on any atom is -0.376 e. The zero-order chi connectivity index (χ0) is 16.5. The van der Waals surface area contributed by atoms with Gasteiger partial charge in [0, 0.05) is 30.3 Å². The molecule has 5 heteroatoms. The lowest BCUT2D eigenvalue weighted by Gasteiger charge is -2.16. The van der Waals surface area contributed by atoms with Gasteiger partial charge in [-0.05, 0) is 29.7 Å². The van der Waals surface area contributed by atoms with Crippen molar-refractivity contribution in [1.82, 2.24) is 4.90 Å². The van der Waals surface area contributed by atoms with Gasteiger partial charge < -0.3 is 15.4 Å². The van der Waals surface area contributed by atoms with Crippen molar-refractivity contribution in [3.05, 3.63) is 57.3 Å². The molecule has 0 saturated carbocycles. The predicted octanol–water partition coefficient (Wildman–Crippen LogP) is 2.64. The topological polar surface area (TPSA) is 55.6 Å². The summed E-state index contributed by atoms with van der Waals surface area (Å²) in [5, 5.41) is 0. The number of rotatable bonds is 3. The molecule has 24 heavy (non-hydrogen) atoms. The van der Waals surface area contributed by atoms with Crippen LogP contribution in [0.3, 0.4) is 0 Å². The number of nitrogens with two attached hydrogens (primary N) is 1. The largest absolute Gasteiger partial charge is 0.376 e. The summed E-state index contributed by atoms with van der Waals surface area (Å²) in [6.45, 7) is 3.50. The first kappa shape index (κ1) is 15.8. The molecular formula is C19H22N2O2S. The van der Waals surface area contributed by atoms with E-state index < -0.39 is 0 Å². The second-order valence-corrected chi connectivity index (χ2v) is 7.72. The number of hydrogen-bond acceptors (Lipinski definition) is 4. The van der Waals surface area contributed by atoms with E-state index in [2.05, 4.69) is 24.3 Å². The molecule has 2 N–H and O–H groups in total. The van der Waals surface area contributed by atoms with E-state index >= 15 is 0 Å². The number of fused-ring (bicyclic) bond motifs is 1. The summed E-state index contributed by atoms with van der Waals surface area (Å²) in [5.74, 6) is 0.804. The van der Waals surface area contributed by atoms with E-state index in [9.17, 15) is 4.79 Å². The van der Waals surface area contributed by atoms with E-state index in [1.165, 1.54) is 16.0 Å². The van der Waals surface area contributed by atoms with Gasteiger partial charge in [-0.2, -0.15) is 0 Å². The second kappa shape index (κ2) is 6.67. The summed E-state index contributed by atoms with van der Waals surface area (Å²) in [4.78, 5) is 17.1. The lowest BCUT2D eigenvalue weighted by atomic mass is 9.89. The molecule has 1 saturated heterocycles. The average Bonchev–Trinajstić information content (AvgIpc) is 3.26. The number of likely N-dealkylation sites (tertiary alicyclic amines) is 1. The number of amides is 1. The molecular weight excluding hydrogens is 320 g/mol. The van der Waals surface area contributed by atoms with Gasteiger partial charge in [-0.1, -0.05) is 30.3 Å². The van der Waals surface area contributed by atoms with Crippen LogP contribution in [0.1, 0.15) is 31.6 Å². The molecule has 1 aromatic heterocycles. The molecule has 3 heterocycles. The van der Waals surface area contributed by atoms with Crippen LogP contribution in [0.15, 0.2) is 36.4 Å². The Morgan fingerprint density at radius 3 is 2.88 bits per heavy atom. The van der Waals surface area contributed by atoms with Crippen LogP contribution in [0.25, 0.3) is 0 Å². The Morgan fingerprint density at radius 2 is 2.12 bits per heavy atom. The van der Waals surface area contributed by atoms with Crippen LogP contribution in [-0.2, 0) is 17.8 Å². The fourth-order valence-electron chi connectivity index (χ4n) is 3.76. The maximum absolute atomic E-state index is 13.0. The Labute approximate surface area is 146 Å². The van der Waals surface area contributed by atoms with Crippen molar-refractivity contribution in [2.75, 3.05) is 26.2 Å². The first-order chi connectivity index (χ1) is 11.8. The zero-order valence-corrected chi connectivity index (χ0v) is 14.4. The highest BCUT2D eigenvalue weighted by Crippen LogP contribution is 2.34. The van der Waals surface area contributed by atoms with Crippen molar-refractivity contribution in [2.45, 2.75) is 18.9 Å². The SMILES string of the molecule is NC[C@@H]1CN(C(=O)c2cc3c(s2)CCOC3)C[C@H]1c1ccccc1. The van der Waals surface area contributed by atoms with Gasteiger partial charge in [-0.3, -0.25) is 4.79 Å². The number of thiophene rings is 1. The number of carbonyl (C=O) groups excluding carboxylic acids is 1. The van der Waals surface area contributed by atoms with Gasteiger partial charge in [0.05, 0.1) is 18.1 Å². The van der Waals surface area contributed by atoms with Crippen LogP contribution in [0, 0.1) is 5.92 Å². The van der Waals surface area contributed by atoms with E-state index in [0.29, 0.717) is 25.0 Å². The Bertz CT molecular complexity index is 705. The molecule has 4 rings (SSSR count). The molecule has 2 atom stereocenters. The minimum absolute atomic E-state index is 0.145. The van der Waals surface area contributed by atoms with Crippen molar-refractivity contribution >= 4 is 17.2 Å². The molecule has 1 fully saturated rings. The van der Waals surface area contributed by atoms with Crippen molar-refractivity contribution in [2.24, 2.45) is 11.7 Å². The lowest BCUT2D eigenvalue weighted by Crippen LogP contribution is -2.29. The number of nitrogens with zero attached hydrogens (tertiary/aromatic N) is 1. The fourth-order valence-corrected chi connectivity index (χ4v) is 4.88. The summed E-state index contributed by atoms with van der Waals surface area (Å²) in [5.41, 5.74) is 8.45. The minimum atomic E-state index is 0.145. The molecule has 2 aliphatic rings. The van der Waals surface area contributed by atoms with Crippen LogP contribution in [-0.4, -0.2) is 37.0 Å². The molecule has 0 radical (unpaired) electrons. The van der Waals surface area contributed by atoms with Crippen molar-refractivity contribution in [3.63, 3.8) is 0 Å². The van der Waals surface area contributed by atoms with E-state index in [4.69, 9.17) is 10.5 Å². The van der Waals surface area contributed by atoms with Gasteiger partial charge in [0.1, 0.15) is 0 Å². The highest BCUT2D eigenvalue weighted by Gasteiger charge is 2.36. The standard InChI is InChI=1S/C19H22N2O2S/c20-9-15-10-21(11-16(15)13-4-2-1-3-5-13)19(22)18-8-14-12-23-7-6-17(14)24-18/h1-5,8,15-16H,6-7,9-12,20H2/t15-,16+/m1/s1. The molecule has 2 aliphatic heterocycles. The van der Waals surface area contributed by atoms with Gasteiger partial charge in [-0.15, -0.1) is 11.3 Å². The molecule has 0 aliphatic carbocycles. The molecule has 1 aromatic carbocycles. The summed E-state index contributed by atoms with van der Waals surface area (Å²) in [6.07, 6.45) is 0.922. The first-order valence-corrected chi connectivity index (χ1v) is 9.31. The third-order valence-electron chi connectivity index (χ3n) is 5.10. The second-order valence-electron chi connectivity index (χ2n) is 6.58. The molecule has 0 bridgehead atoms. The number of ether oxygens (including phenoxy) is 1. The molecule has 2 aromatic rings. The number of carbonyl (C=O) groups is 1. The average molecular weight is 342 g/mol. The molecule has 126 valence electrons. The highest BCUT2D eigenvalue weighted by molar-refractivity contribution is 7.14. The Morgan fingerprint density at radius 1 is 1.29 bits per heavy atom. The molecule has 1 amide bonds. The molecule has 0 spiro atoms. The Balaban J connectivity index is 1.54. The van der Waals surface area contributed by atoms with Crippen molar-refractivity contribution < 1.29 is 9.53 Å². The fraction of sp³-hybridized carbons (Fsp3) is 0.421. The summed E-state index contributed by atoms with van der Waals surface area (Å²) in [6, 6.07) is 12.4. The van der Waals surface area contributed by atoms with Gasteiger partial charge in [0.25, 0.3) is 5.91 Å². The lowest BCUT2D eigenvalue weighted by molar-refractivity contribution is 0.0791. The van der Waals surface area contributed by atoms with Gasteiger partial charge in [-0.25, -0.2) is 0 Å². The summed E-state index contributed by atoms with van der Waals surface area (Å²) in [7, 11) is 0. The van der Waals surface area contributed by atoms with Crippen LogP contribution in [0.5, 0.6) is 0 Å². The summed E-state index contributed by atoms with van der Waals surface area (Å²) >= 11 is 1.63. The smallest absolute Gasteiger partial charge is 0.263 e. The van der Waals surface area contributed by atoms with Gasteiger partial charge in [0.2, 0.25) is 0 Å². The van der Waals surface area contributed by atoms with Crippen molar-refractivity contribution in [1.29, 1.82) is 0 Å². The first-order valence-electron chi connectivity index (χ1n) is 8.50. The zero-order valence-electron chi connectivity index (χ0n) is 13.6. The van der Waals surface area contributed by atoms with E-state index in [-0.39, 0.29) is 5.91 Å². The molecule has 4 nitrogen and oxygen atoms in total. The Hall–Kier alpha value is -1.69. The van der Waals surface area contributed by atoms with Gasteiger partial charge >= 0.3 is 0 Å². The maximum atomic E-state index is 13.0. The maximum Gasteiger partial charge on any atom is 0.263 e. The third-order valence-corrected chi connectivity index (χ3v) is 6.32. The summed E-state index contributed by atoms with van der Waals surface area (Å²) < 4.78 is 5.49. The van der Waals surface area contributed by atoms with Crippen molar-refractivity contribution in [3.8, 4) is 0 Å². The predicted molar refractivity (Wildman–Crippen MR) is 95.3 cm³/mol. The van der Waals surface area contributed by atoms with E-state index in [1.807, 2.05) is 17.0 Å². The van der Waals surface area contributed by atoms with Crippen LogP contribution in [0.2, 0.25) is 0 Å². The monoisotopic (exact) mass is 342 g/mol. The quantitative estimate of drug-likeness (QED) is 0.933. The van der Waals surface area contributed by atoms with E-state index in [0.717, 1.165) is 31.0 Å². The normalized spacial score (nSPS) is 23.3. The van der Waals surface area contributed by atoms with E-state index in [1.54, 1.807) is 11.3 Å². The molecule has 0 unspecified atom stereocenters. The Kier molecular flexibility index (Phi) is 4.39. The number of benzene rings is 1. The van der Waals surface area contributed by atoms with Gasteiger partial charge in [0.15, 0.2) is 0 Å². The van der Waals surface area contributed by atoms with Crippen LogP contribution in [0.4, 0.5) is 0 Å². The third kappa shape index (κ3) is 2.88.